The molecule has 0 radical (unpaired) electrons. The molecule has 0 saturated carbocycles. The zero-order chi connectivity index (χ0) is 24.5. The van der Waals surface area contributed by atoms with Gasteiger partial charge in [-0.05, 0) is 55.3 Å². The Hall–Kier alpha value is -4.00. The predicted octanol–water partition coefficient (Wildman–Crippen LogP) is 4.89. The number of aryl methyl sites for hydroxylation is 2. The predicted molar refractivity (Wildman–Crippen MR) is 136 cm³/mol. The van der Waals surface area contributed by atoms with Crippen LogP contribution in [0.1, 0.15) is 29.0 Å². The molecular formula is C28H31N3O4. The summed E-state index contributed by atoms with van der Waals surface area (Å²) < 4.78 is 18.7. The molecule has 1 amide bonds. The normalized spacial score (nSPS) is 10.8. The smallest absolute Gasteiger partial charge is 0.251 e. The molecule has 4 rings (SSSR count). The van der Waals surface area contributed by atoms with Crippen molar-refractivity contribution >= 4 is 16.9 Å². The molecule has 3 aromatic carbocycles. The van der Waals surface area contributed by atoms with Gasteiger partial charge in [-0.2, -0.15) is 0 Å². The second-order valence-electron chi connectivity index (χ2n) is 8.11. The van der Waals surface area contributed by atoms with Crippen molar-refractivity contribution in [3.8, 4) is 17.2 Å². The van der Waals surface area contributed by atoms with Crippen molar-refractivity contribution in [3.63, 3.8) is 0 Å². The van der Waals surface area contributed by atoms with Gasteiger partial charge in [-0.1, -0.05) is 30.3 Å². The number of carbonyl (C=O) groups excluding carboxylic acids is 1. The van der Waals surface area contributed by atoms with Crippen LogP contribution in [0.15, 0.2) is 72.8 Å². The van der Waals surface area contributed by atoms with E-state index >= 15 is 0 Å². The van der Waals surface area contributed by atoms with Crippen LogP contribution < -0.4 is 19.5 Å². The molecule has 1 heterocycles. The summed E-state index contributed by atoms with van der Waals surface area (Å²) in [6.07, 6.45) is 2.42. The molecule has 0 unspecified atom stereocenters. The maximum absolute atomic E-state index is 12.6. The molecular weight excluding hydrogens is 442 g/mol. The highest BCUT2D eigenvalue weighted by atomic mass is 16.5. The Morgan fingerprint density at radius 2 is 1.69 bits per heavy atom. The average molecular weight is 474 g/mol. The summed E-state index contributed by atoms with van der Waals surface area (Å²) in [5.74, 6) is 2.89. The van der Waals surface area contributed by atoms with Gasteiger partial charge >= 0.3 is 0 Å². The van der Waals surface area contributed by atoms with E-state index in [0.717, 1.165) is 48.4 Å². The van der Waals surface area contributed by atoms with Gasteiger partial charge in [-0.25, -0.2) is 4.98 Å². The highest BCUT2D eigenvalue weighted by molar-refractivity contribution is 5.94. The molecule has 0 atom stereocenters. The number of hydrogen-bond donors (Lipinski definition) is 1. The van der Waals surface area contributed by atoms with E-state index in [0.29, 0.717) is 30.2 Å². The molecule has 0 saturated heterocycles. The number of fused-ring (bicyclic) bond motifs is 1. The Kier molecular flexibility index (Phi) is 8.22. The fraction of sp³-hybridized carbons (Fsp3) is 0.286. The van der Waals surface area contributed by atoms with E-state index in [-0.39, 0.29) is 5.91 Å². The van der Waals surface area contributed by atoms with Crippen LogP contribution in [-0.2, 0) is 13.0 Å². The quantitative estimate of drug-likeness (QED) is 0.297. The van der Waals surface area contributed by atoms with Crippen molar-refractivity contribution in [2.24, 2.45) is 0 Å². The van der Waals surface area contributed by atoms with Crippen molar-refractivity contribution < 1.29 is 19.0 Å². The lowest BCUT2D eigenvalue weighted by atomic mass is 10.2. The SMILES string of the molecule is COc1ccc(C(=O)NCCCc2nc3ccccc3n2CCCOc2ccccc2)cc1OC. The van der Waals surface area contributed by atoms with Crippen molar-refractivity contribution in [2.75, 3.05) is 27.4 Å². The number of ether oxygens (including phenoxy) is 3. The first-order valence-electron chi connectivity index (χ1n) is 11.8. The highest BCUT2D eigenvalue weighted by Gasteiger charge is 2.12. The molecule has 7 heteroatoms. The van der Waals surface area contributed by atoms with Crippen LogP contribution in [0, 0.1) is 0 Å². The molecule has 182 valence electrons. The van der Waals surface area contributed by atoms with E-state index in [1.807, 2.05) is 48.5 Å². The first kappa shape index (κ1) is 24.1. The zero-order valence-corrected chi connectivity index (χ0v) is 20.2. The molecule has 0 spiro atoms. The van der Waals surface area contributed by atoms with Gasteiger partial charge < -0.3 is 24.1 Å². The summed E-state index contributed by atoms with van der Waals surface area (Å²) in [5, 5.41) is 2.99. The van der Waals surface area contributed by atoms with E-state index in [1.165, 1.54) is 0 Å². The van der Waals surface area contributed by atoms with Crippen LogP contribution in [-0.4, -0.2) is 42.8 Å². The van der Waals surface area contributed by atoms with E-state index in [4.69, 9.17) is 19.2 Å². The number of methoxy groups -OCH3 is 2. The summed E-state index contributed by atoms with van der Waals surface area (Å²) in [6, 6.07) is 23.2. The van der Waals surface area contributed by atoms with Gasteiger partial charge in [-0.15, -0.1) is 0 Å². The maximum atomic E-state index is 12.6. The minimum atomic E-state index is -0.141. The van der Waals surface area contributed by atoms with Gasteiger partial charge in [0.15, 0.2) is 11.5 Å². The van der Waals surface area contributed by atoms with Crippen molar-refractivity contribution in [3.05, 3.63) is 84.2 Å². The third kappa shape index (κ3) is 6.12. The number of benzene rings is 3. The van der Waals surface area contributed by atoms with Crippen LogP contribution in [0.2, 0.25) is 0 Å². The topological polar surface area (TPSA) is 74.6 Å². The third-order valence-electron chi connectivity index (χ3n) is 5.78. The third-order valence-corrected chi connectivity index (χ3v) is 5.78. The molecule has 35 heavy (non-hydrogen) atoms. The van der Waals surface area contributed by atoms with E-state index in [2.05, 4.69) is 16.0 Å². The van der Waals surface area contributed by atoms with Crippen LogP contribution >= 0.6 is 0 Å². The number of nitrogens with one attached hydrogen (secondary N) is 1. The number of rotatable bonds is 12. The molecule has 1 aromatic heterocycles. The monoisotopic (exact) mass is 473 g/mol. The first-order valence-corrected chi connectivity index (χ1v) is 11.8. The van der Waals surface area contributed by atoms with Gasteiger partial charge in [0.05, 0.1) is 31.9 Å². The molecule has 0 aliphatic heterocycles. The van der Waals surface area contributed by atoms with Gasteiger partial charge in [0, 0.05) is 25.1 Å². The summed E-state index contributed by atoms with van der Waals surface area (Å²) >= 11 is 0. The van der Waals surface area contributed by atoms with Gasteiger partial charge in [0.1, 0.15) is 11.6 Å². The molecule has 0 bridgehead atoms. The standard InChI is InChI=1S/C28H31N3O4/c1-33-25-16-15-21(20-26(25)34-2)28(32)29-17-8-14-27-30-23-12-6-7-13-24(23)31(27)18-9-19-35-22-10-4-3-5-11-22/h3-7,10-13,15-16,20H,8-9,14,17-19H2,1-2H3,(H,29,32). The number of imidazole rings is 1. The summed E-state index contributed by atoms with van der Waals surface area (Å²) in [7, 11) is 3.13. The number of carbonyl (C=O) groups is 1. The maximum Gasteiger partial charge on any atom is 0.251 e. The largest absolute Gasteiger partial charge is 0.494 e. The number of hydrogen-bond acceptors (Lipinski definition) is 5. The molecule has 0 aliphatic carbocycles. The highest BCUT2D eigenvalue weighted by Crippen LogP contribution is 2.27. The van der Waals surface area contributed by atoms with Crippen molar-refractivity contribution in [1.29, 1.82) is 0 Å². The Morgan fingerprint density at radius 1 is 0.914 bits per heavy atom. The Bertz CT molecular complexity index is 1250. The lowest BCUT2D eigenvalue weighted by Crippen LogP contribution is -2.25. The molecule has 1 N–H and O–H groups in total. The summed E-state index contributed by atoms with van der Waals surface area (Å²) in [4.78, 5) is 17.4. The number of para-hydroxylation sites is 3. The van der Waals surface area contributed by atoms with Crippen LogP contribution in [0.4, 0.5) is 0 Å². The number of nitrogens with zero attached hydrogens (tertiary/aromatic N) is 2. The molecule has 0 aliphatic rings. The van der Waals surface area contributed by atoms with E-state index < -0.39 is 0 Å². The Morgan fingerprint density at radius 3 is 2.49 bits per heavy atom. The summed E-state index contributed by atoms with van der Waals surface area (Å²) in [5.41, 5.74) is 2.64. The number of aromatic nitrogens is 2. The van der Waals surface area contributed by atoms with Crippen LogP contribution in [0.5, 0.6) is 17.2 Å². The van der Waals surface area contributed by atoms with Crippen LogP contribution in [0.25, 0.3) is 11.0 Å². The van der Waals surface area contributed by atoms with Crippen molar-refractivity contribution in [1.82, 2.24) is 14.9 Å². The second-order valence-corrected chi connectivity index (χ2v) is 8.11. The lowest BCUT2D eigenvalue weighted by Gasteiger charge is -2.11. The van der Waals surface area contributed by atoms with Gasteiger partial charge in [0.2, 0.25) is 0 Å². The minimum Gasteiger partial charge on any atom is -0.494 e. The van der Waals surface area contributed by atoms with E-state index in [1.54, 1.807) is 32.4 Å². The Balaban J connectivity index is 1.32. The fourth-order valence-corrected chi connectivity index (χ4v) is 4.02. The van der Waals surface area contributed by atoms with Gasteiger partial charge in [0.25, 0.3) is 5.91 Å². The van der Waals surface area contributed by atoms with E-state index in [9.17, 15) is 4.79 Å². The minimum absolute atomic E-state index is 0.141. The van der Waals surface area contributed by atoms with Gasteiger partial charge in [-0.3, -0.25) is 4.79 Å². The van der Waals surface area contributed by atoms with Crippen molar-refractivity contribution in [2.45, 2.75) is 25.8 Å². The summed E-state index contributed by atoms with van der Waals surface area (Å²) in [6.45, 7) is 2.01. The Labute approximate surface area is 205 Å². The molecule has 7 nitrogen and oxygen atoms in total. The van der Waals surface area contributed by atoms with Crippen LogP contribution in [0.3, 0.4) is 0 Å². The molecule has 0 fully saturated rings. The zero-order valence-electron chi connectivity index (χ0n) is 20.2. The lowest BCUT2D eigenvalue weighted by molar-refractivity contribution is 0.0952. The first-order chi connectivity index (χ1) is 17.2. The second kappa shape index (κ2) is 11.9. The molecule has 4 aromatic rings. The fourth-order valence-electron chi connectivity index (χ4n) is 4.02. The number of amides is 1. The average Bonchev–Trinajstić information content (AvgIpc) is 3.26.